The van der Waals surface area contributed by atoms with Gasteiger partial charge in [0, 0.05) is 22.0 Å². The van der Waals surface area contributed by atoms with Crippen LogP contribution in [0.3, 0.4) is 0 Å². The van der Waals surface area contributed by atoms with Crippen molar-refractivity contribution in [1.82, 2.24) is 4.98 Å². The lowest BCUT2D eigenvalue weighted by Crippen LogP contribution is -2.29. The highest BCUT2D eigenvalue weighted by molar-refractivity contribution is 7.22. The van der Waals surface area contributed by atoms with Crippen molar-refractivity contribution >= 4 is 67.3 Å². The topological polar surface area (TPSA) is 79.7 Å². The number of aliphatic hydroxyl groups excluding tert-OH is 1. The molecule has 6 nitrogen and oxygen atoms in total. The van der Waals surface area contributed by atoms with Gasteiger partial charge in [0.15, 0.2) is 5.13 Å². The predicted molar refractivity (Wildman–Crippen MR) is 141 cm³/mol. The molecule has 0 unspecified atom stereocenters. The molecular formula is C27H18Cl2N2O4S. The Morgan fingerprint density at radius 2 is 1.89 bits per heavy atom. The highest BCUT2D eigenvalue weighted by Crippen LogP contribution is 2.45. The number of hydrogen-bond acceptors (Lipinski definition) is 6. The van der Waals surface area contributed by atoms with Gasteiger partial charge in [-0.1, -0.05) is 46.7 Å². The van der Waals surface area contributed by atoms with Crippen LogP contribution in [0.25, 0.3) is 16.0 Å². The third-order valence-electron chi connectivity index (χ3n) is 6.32. The number of rotatable bonds is 3. The average molecular weight is 537 g/mol. The lowest BCUT2D eigenvalue weighted by atomic mass is 9.94. The van der Waals surface area contributed by atoms with Gasteiger partial charge < -0.3 is 9.84 Å². The van der Waals surface area contributed by atoms with Gasteiger partial charge in [0.2, 0.25) is 0 Å². The number of halogens is 2. The van der Waals surface area contributed by atoms with Gasteiger partial charge in [-0.05, 0) is 66.6 Å². The fourth-order valence-electron chi connectivity index (χ4n) is 4.74. The first kappa shape index (κ1) is 23.0. The molecule has 1 aromatic heterocycles. The highest BCUT2D eigenvalue weighted by atomic mass is 35.5. The molecule has 0 spiro atoms. The van der Waals surface area contributed by atoms with Crippen LogP contribution in [0.1, 0.15) is 29.7 Å². The maximum absolute atomic E-state index is 13.4. The minimum absolute atomic E-state index is 0.0218. The second-order valence-electron chi connectivity index (χ2n) is 8.79. The summed E-state index contributed by atoms with van der Waals surface area (Å²) in [6.45, 7) is 1.97. The number of thiazole rings is 1. The molecule has 0 saturated carbocycles. The maximum Gasteiger partial charge on any atom is 0.301 e. The SMILES string of the molecule is C[C@H]1Cc2cc(/C(O)=C3\C(=O)C(=O)N(c4nc5ccc(Cl)cc5s4)[C@@H]3c3cccc(Cl)c3)ccc2O1. The Hall–Kier alpha value is -3.39. The van der Waals surface area contributed by atoms with E-state index in [2.05, 4.69) is 4.98 Å². The van der Waals surface area contributed by atoms with Crippen LogP contribution >= 0.6 is 34.5 Å². The molecule has 0 radical (unpaired) electrons. The predicted octanol–water partition coefficient (Wildman–Crippen LogP) is 6.55. The van der Waals surface area contributed by atoms with E-state index in [1.807, 2.05) is 6.92 Å². The summed E-state index contributed by atoms with van der Waals surface area (Å²) in [5, 5.41) is 12.7. The van der Waals surface area contributed by atoms with Gasteiger partial charge in [0.05, 0.1) is 21.8 Å². The Morgan fingerprint density at radius 1 is 1.08 bits per heavy atom. The quantitative estimate of drug-likeness (QED) is 0.182. The number of carbonyl (C=O) groups is 2. The van der Waals surface area contributed by atoms with Gasteiger partial charge in [-0.2, -0.15) is 0 Å². The monoisotopic (exact) mass is 536 g/mol. The van der Waals surface area contributed by atoms with Crippen molar-refractivity contribution in [2.24, 2.45) is 0 Å². The Labute approximate surface area is 220 Å². The van der Waals surface area contributed by atoms with Crippen LogP contribution in [0.5, 0.6) is 5.75 Å². The molecule has 1 fully saturated rings. The summed E-state index contributed by atoms with van der Waals surface area (Å²) in [7, 11) is 0. The molecule has 2 aliphatic rings. The minimum Gasteiger partial charge on any atom is -0.507 e. The second-order valence-corrected chi connectivity index (χ2v) is 10.7. The molecule has 4 aromatic rings. The van der Waals surface area contributed by atoms with Crippen LogP contribution in [0.4, 0.5) is 5.13 Å². The maximum atomic E-state index is 13.4. The van der Waals surface area contributed by atoms with Gasteiger partial charge in [-0.15, -0.1) is 0 Å². The summed E-state index contributed by atoms with van der Waals surface area (Å²) in [5.74, 6) is -1.07. The van der Waals surface area contributed by atoms with Crippen molar-refractivity contribution in [2.75, 3.05) is 4.90 Å². The van der Waals surface area contributed by atoms with Gasteiger partial charge >= 0.3 is 5.91 Å². The van der Waals surface area contributed by atoms with Crippen LogP contribution in [-0.4, -0.2) is 27.9 Å². The average Bonchev–Trinajstić information content (AvgIpc) is 3.50. The van der Waals surface area contributed by atoms with Gasteiger partial charge in [-0.25, -0.2) is 4.98 Å². The van der Waals surface area contributed by atoms with Gasteiger partial charge in [0.1, 0.15) is 17.6 Å². The van der Waals surface area contributed by atoms with E-state index >= 15 is 0 Å². The van der Waals surface area contributed by atoms with E-state index in [0.29, 0.717) is 38.2 Å². The highest BCUT2D eigenvalue weighted by Gasteiger charge is 2.48. The molecule has 2 atom stereocenters. The molecule has 1 saturated heterocycles. The van der Waals surface area contributed by atoms with Crippen LogP contribution in [0.15, 0.2) is 66.2 Å². The third kappa shape index (κ3) is 3.75. The molecule has 1 N–H and O–H groups in total. The van der Waals surface area contributed by atoms with Crippen molar-refractivity contribution in [1.29, 1.82) is 0 Å². The van der Waals surface area contributed by atoms with Gasteiger partial charge in [-0.3, -0.25) is 14.5 Å². The van der Waals surface area contributed by atoms with Crippen LogP contribution in [0.2, 0.25) is 10.0 Å². The summed E-state index contributed by atoms with van der Waals surface area (Å²) in [6.07, 6.45) is 0.721. The third-order valence-corrected chi connectivity index (χ3v) is 7.81. The molecule has 2 aliphatic heterocycles. The standard InChI is InChI=1S/C27H18Cl2N2O4S/c1-13-9-16-10-15(5-8-20(16)35-13)24(32)22-23(14-3-2-4-17(28)11-14)31(26(34)25(22)33)27-30-19-7-6-18(29)12-21(19)36-27/h2-8,10-13,23,32H,9H2,1H3/b24-22+/t13-,23+/m0/s1. The van der Waals surface area contributed by atoms with Gasteiger partial charge in [0.25, 0.3) is 5.78 Å². The first-order valence-electron chi connectivity index (χ1n) is 11.2. The number of aromatic nitrogens is 1. The smallest absolute Gasteiger partial charge is 0.301 e. The number of ketones is 1. The Balaban J connectivity index is 1.54. The van der Waals surface area contributed by atoms with Crippen molar-refractivity contribution < 1.29 is 19.4 Å². The van der Waals surface area contributed by atoms with Crippen molar-refractivity contribution in [3.05, 3.63) is 93.0 Å². The van der Waals surface area contributed by atoms with E-state index < -0.39 is 17.7 Å². The van der Waals surface area contributed by atoms with Crippen molar-refractivity contribution in [2.45, 2.75) is 25.5 Å². The molecular weight excluding hydrogens is 519 g/mol. The molecule has 36 heavy (non-hydrogen) atoms. The molecule has 180 valence electrons. The number of nitrogens with zero attached hydrogens (tertiary/aromatic N) is 2. The number of amides is 1. The molecule has 9 heteroatoms. The summed E-state index contributed by atoms with van der Waals surface area (Å²) in [5.41, 5.74) is 2.58. The number of anilines is 1. The zero-order valence-corrected chi connectivity index (χ0v) is 21.2. The first-order chi connectivity index (χ1) is 17.3. The van der Waals surface area contributed by atoms with Crippen molar-refractivity contribution in [3.8, 4) is 5.75 Å². The number of aliphatic hydroxyl groups is 1. The number of fused-ring (bicyclic) bond motifs is 2. The van der Waals surface area contributed by atoms with E-state index in [1.54, 1.807) is 60.7 Å². The summed E-state index contributed by atoms with van der Waals surface area (Å²) >= 11 is 13.7. The minimum atomic E-state index is -0.914. The van der Waals surface area contributed by atoms with E-state index in [1.165, 1.54) is 16.2 Å². The van der Waals surface area contributed by atoms with Crippen LogP contribution in [-0.2, 0) is 16.0 Å². The van der Waals surface area contributed by atoms with E-state index in [9.17, 15) is 14.7 Å². The number of carbonyl (C=O) groups excluding carboxylic acids is 2. The number of benzene rings is 3. The molecule has 6 rings (SSSR count). The summed E-state index contributed by atoms with van der Waals surface area (Å²) < 4.78 is 6.54. The second kappa shape index (κ2) is 8.62. The van der Waals surface area contributed by atoms with Crippen molar-refractivity contribution in [3.63, 3.8) is 0 Å². The molecule has 0 bridgehead atoms. The number of Topliss-reactive ketones (excluding diaryl/α,β-unsaturated/α-hetero) is 1. The lowest BCUT2D eigenvalue weighted by Gasteiger charge is -2.23. The van der Waals surface area contributed by atoms with E-state index in [4.69, 9.17) is 27.9 Å². The molecule has 1 amide bonds. The largest absolute Gasteiger partial charge is 0.507 e. The van der Waals surface area contributed by atoms with Crippen LogP contribution < -0.4 is 9.64 Å². The summed E-state index contributed by atoms with van der Waals surface area (Å²) in [6, 6.07) is 16.5. The Bertz CT molecular complexity index is 1610. The number of ether oxygens (including phenoxy) is 1. The molecule has 3 heterocycles. The van der Waals surface area contributed by atoms with Crippen LogP contribution in [0, 0.1) is 0 Å². The van der Waals surface area contributed by atoms with E-state index in [0.717, 1.165) is 16.0 Å². The molecule has 0 aliphatic carbocycles. The Morgan fingerprint density at radius 3 is 2.69 bits per heavy atom. The lowest BCUT2D eigenvalue weighted by molar-refractivity contribution is -0.132. The normalized spacial score (nSPS) is 20.7. The zero-order chi connectivity index (χ0) is 25.1. The number of hydrogen-bond donors (Lipinski definition) is 1. The fraction of sp³-hybridized carbons (Fsp3) is 0.148. The molecule has 3 aromatic carbocycles. The Kier molecular flexibility index (Phi) is 5.52. The van der Waals surface area contributed by atoms with E-state index in [-0.39, 0.29) is 17.4 Å². The zero-order valence-electron chi connectivity index (χ0n) is 18.9. The first-order valence-corrected chi connectivity index (χ1v) is 12.8. The fourth-order valence-corrected chi connectivity index (χ4v) is 6.20. The summed E-state index contributed by atoms with van der Waals surface area (Å²) in [4.78, 5) is 32.8.